The summed E-state index contributed by atoms with van der Waals surface area (Å²) in [6.45, 7) is 6.85. The topological polar surface area (TPSA) is 37.5 Å². The molecule has 0 bridgehead atoms. The molecule has 3 aromatic rings. The molecule has 5 rings (SSSR count). The van der Waals surface area contributed by atoms with Crippen LogP contribution in [0.2, 0.25) is 0 Å². The minimum absolute atomic E-state index is 0.111. The summed E-state index contributed by atoms with van der Waals surface area (Å²) in [4.78, 5) is 6.38. The van der Waals surface area contributed by atoms with E-state index in [1.807, 2.05) is 0 Å². The van der Waals surface area contributed by atoms with Crippen LogP contribution in [0.3, 0.4) is 0 Å². The van der Waals surface area contributed by atoms with Gasteiger partial charge in [-0.05, 0) is 41.3 Å². The molecule has 2 aliphatic rings. The van der Waals surface area contributed by atoms with E-state index in [1.165, 1.54) is 33.3 Å². The van der Waals surface area contributed by atoms with Gasteiger partial charge in [0.1, 0.15) is 0 Å². The predicted molar refractivity (Wildman–Crippen MR) is 108 cm³/mol. The number of hydrogen-bond acceptors (Lipinski definition) is 3. The molecule has 1 aromatic heterocycles. The van der Waals surface area contributed by atoms with Crippen LogP contribution in [-0.4, -0.2) is 37.2 Å². The Labute approximate surface area is 160 Å². The average molecular weight is 362 g/mol. The highest BCUT2D eigenvalue weighted by atomic mass is 16.5. The fourth-order valence-corrected chi connectivity index (χ4v) is 5.19. The fourth-order valence-electron chi connectivity index (χ4n) is 5.19. The maximum absolute atomic E-state index is 5.62. The zero-order valence-electron chi connectivity index (χ0n) is 16.4. The lowest BCUT2D eigenvalue weighted by atomic mass is 9.74. The molecule has 2 aliphatic heterocycles. The van der Waals surface area contributed by atoms with Gasteiger partial charge in [-0.3, -0.25) is 4.90 Å². The van der Waals surface area contributed by atoms with Crippen LogP contribution in [0.4, 0.5) is 0 Å². The maximum Gasteiger partial charge on any atom is 0.161 e. The molecule has 0 aliphatic carbocycles. The number of nitrogens with one attached hydrogen (secondary N) is 1. The summed E-state index contributed by atoms with van der Waals surface area (Å²) in [5.74, 6) is 1.62. The second kappa shape index (κ2) is 5.77. The number of hydrogen-bond donors (Lipinski definition) is 1. The van der Waals surface area contributed by atoms with Crippen molar-refractivity contribution in [3.8, 4) is 11.5 Å². The normalized spacial score (nSPS) is 20.7. The van der Waals surface area contributed by atoms with Gasteiger partial charge >= 0.3 is 0 Å². The van der Waals surface area contributed by atoms with Crippen LogP contribution in [0.1, 0.15) is 42.3 Å². The Morgan fingerprint density at radius 2 is 1.81 bits per heavy atom. The van der Waals surface area contributed by atoms with E-state index in [-0.39, 0.29) is 11.5 Å². The van der Waals surface area contributed by atoms with Crippen molar-refractivity contribution in [2.75, 3.05) is 27.3 Å². The number of fused-ring (bicyclic) bond motifs is 7. The number of rotatable bonds is 2. The summed E-state index contributed by atoms with van der Waals surface area (Å²) in [6.07, 6.45) is 1.04. The summed E-state index contributed by atoms with van der Waals surface area (Å²) >= 11 is 0. The Morgan fingerprint density at radius 3 is 2.59 bits per heavy atom. The molecule has 2 aromatic carbocycles. The Morgan fingerprint density at radius 1 is 1.07 bits per heavy atom. The van der Waals surface area contributed by atoms with Crippen molar-refractivity contribution in [2.45, 2.75) is 31.7 Å². The molecular weight excluding hydrogens is 336 g/mol. The third kappa shape index (κ3) is 2.32. The smallest absolute Gasteiger partial charge is 0.161 e. The molecule has 1 atom stereocenters. The molecule has 0 fully saturated rings. The van der Waals surface area contributed by atoms with Gasteiger partial charge in [0.15, 0.2) is 11.5 Å². The van der Waals surface area contributed by atoms with Crippen LogP contribution < -0.4 is 9.47 Å². The van der Waals surface area contributed by atoms with Crippen LogP contribution in [0.15, 0.2) is 36.4 Å². The molecule has 0 radical (unpaired) electrons. The van der Waals surface area contributed by atoms with E-state index in [9.17, 15) is 0 Å². The van der Waals surface area contributed by atoms with Crippen molar-refractivity contribution < 1.29 is 9.47 Å². The number of benzene rings is 2. The molecule has 4 heteroatoms. The van der Waals surface area contributed by atoms with E-state index < -0.39 is 0 Å². The Hall–Kier alpha value is -2.46. The minimum atomic E-state index is 0.111. The molecule has 0 saturated carbocycles. The Bertz CT molecular complexity index is 1030. The van der Waals surface area contributed by atoms with E-state index >= 15 is 0 Å². The molecule has 0 unspecified atom stereocenters. The highest BCUT2D eigenvalue weighted by Crippen LogP contribution is 2.49. The lowest BCUT2D eigenvalue weighted by Gasteiger charge is -2.47. The van der Waals surface area contributed by atoms with Crippen LogP contribution in [0.5, 0.6) is 11.5 Å². The molecule has 140 valence electrons. The van der Waals surface area contributed by atoms with Crippen LogP contribution in [-0.2, 0) is 11.8 Å². The first kappa shape index (κ1) is 16.7. The van der Waals surface area contributed by atoms with Crippen LogP contribution in [0.25, 0.3) is 10.9 Å². The number of aromatic amines is 1. The van der Waals surface area contributed by atoms with Gasteiger partial charge in [-0.1, -0.05) is 32.0 Å². The lowest BCUT2D eigenvalue weighted by Crippen LogP contribution is -2.48. The molecule has 3 heterocycles. The van der Waals surface area contributed by atoms with Gasteiger partial charge in [0.25, 0.3) is 0 Å². The van der Waals surface area contributed by atoms with Crippen molar-refractivity contribution in [3.63, 3.8) is 0 Å². The first-order valence-electron chi connectivity index (χ1n) is 9.63. The molecule has 0 saturated heterocycles. The van der Waals surface area contributed by atoms with Crippen LogP contribution >= 0.6 is 0 Å². The number of H-pyrrole nitrogens is 1. The third-order valence-corrected chi connectivity index (χ3v) is 6.26. The number of nitrogens with zero attached hydrogens (tertiary/aromatic N) is 1. The maximum atomic E-state index is 5.62. The van der Waals surface area contributed by atoms with E-state index in [0.29, 0.717) is 0 Å². The number of methoxy groups -OCH3 is 2. The van der Waals surface area contributed by atoms with Crippen molar-refractivity contribution in [1.82, 2.24) is 9.88 Å². The highest BCUT2D eigenvalue weighted by Gasteiger charge is 2.43. The second-order valence-corrected chi connectivity index (χ2v) is 8.37. The standard InChI is InChI=1S/C23H26N2O2/c1-23(2)13-25-10-9-14-11-18(26-3)19(27-4)12-16(14)22(25)21-20(23)15-7-5-6-8-17(15)24-21/h5-8,11-12,22,24H,9-10,13H2,1-4H3/t22-/m0/s1. The number of aromatic nitrogens is 1. The van der Waals surface area contributed by atoms with Gasteiger partial charge in [-0.2, -0.15) is 0 Å². The fraction of sp³-hybridized carbons (Fsp3) is 0.391. The molecule has 27 heavy (non-hydrogen) atoms. The zero-order chi connectivity index (χ0) is 18.8. The number of para-hydroxylation sites is 1. The number of ether oxygens (including phenoxy) is 2. The first-order valence-corrected chi connectivity index (χ1v) is 9.63. The summed E-state index contributed by atoms with van der Waals surface area (Å²) in [7, 11) is 3.42. The summed E-state index contributed by atoms with van der Waals surface area (Å²) < 4.78 is 11.2. The van der Waals surface area contributed by atoms with E-state index in [4.69, 9.17) is 9.47 Å². The Balaban J connectivity index is 1.77. The van der Waals surface area contributed by atoms with Gasteiger partial charge in [0.05, 0.1) is 20.3 Å². The third-order valence-electron chi connectivity index (χ3n) is 6.26. The average Bonchev–Trinajstić information content (AvgIpc) is 3.06. The van der Waals surface area contributed by atoms with Crippen molar-refractivity contribution in [3.05, 3.63) is 58.8 Å². The van der Waals surface area contributed by atoms with Gasteiger partial charge in [-0.25, -0.2) is 0 Å². The van der Waals surface area contributed by atoms with Gasteiger partial charge in [0, 0.05) is 35.1 Å². The largest absolute Gasteiger partial charge is 0.493 e. The minimum Gasteiger partial charge on any atom is -0.493 e. The second-order valence-electron chi connectivity index (χ2n) is 8.37. The summed E-state index contributed by atoms with van der Waals surface area (Å²) in [5.41, 5.74) is 6.83. The lowest BCUT2D eigenvalue weighted by molar-refractivity contribution is 0.151. The predicted octanol–water partition coefficient (Wildman–Crippen LogP) is 4.42. The van der Waals surface area contributed by atoms with E-state index in [0.717, 1.165) is 31.0 Å². The molecule has 0 amide bonds. The van der Waals surface area contributed by atoms with E-state index in [2.05, 4.69) is 60.1 Å². The summed E-state index contributed by atoms with van der Waals surface area (Å²) in [6, 6.07) is 13.3. The Kier molecular flexibility index (Phi) is 3.57. The molecule has 4 nitrogen and oxygen atoms in total. The molecule has 0 spiro atoms. The molecular formula is C23H26N2O2. The van der Waals surface area contributed by atoms with Crippen molar-refractivity contribution >= 4 is 10.9 Å². The van der Waals surface area contributed by atoms with E-state index in [1.54, 1.807) is 14.2 Å². The quantitative estimate of drug-likeness (QED) is 0.733. The highest BCUT2D eigenvalue weighted by molar-refractivity contribution is 5.86. The summed E-state index contributed by atoms with van der Waals surface area (Å²) in [5, 5.41) is 1.35. The van der Waals surface area contributed by atoms with Crippen LogP contribution in [0, 0.1) is 0 Å². The van der Waals surface area contributed by atoms with Gasteiger partial charge < -0.3 is 14.5 Å². The van der Waals surface area contributed by atoms with Crippen molar-refractivity contribution in [2.24, 2.45) is 0 Å². The first-order chi connectivity index (χ1) is 13.0. The zero-order valence-corrected chi connectivity index (χ0v) is 16.4. The SMILES string of the molecule is COc1cc2c(cc1OC)[C@H]1c3[nH]c4ccccc4c3C(C)(C)CN1CC2. The van der Waals surface area contributed by atoms with Gasteiger partial charge in [0.2, 0.25) is 0 Å². The van der Waals surface area contributed by atoms with Crippen molar-refractivity contribution in [1.29, 1.82) is 0 Å². The molecule has 1 N–H and O–H groups in total. The van der Waals surface area contributed by atoms with Gasteiger partial charge in [-0.15, -0.1) is 0 Å². The monoisotopic (exact) mass is 362 g/mol.